The summed E-state index contributed by atoms with van der Waals surface area (Å²) in [6.07, 6.45) is 0. The van der Waals surface area contributed by atoms with Crippen LogP contribution in [0.15, 0.2) is 12.1 Å². The molecule has 0 fully saturated rings. The van der Waals surface area contributed by atoms with Crippen LogP contribution >= 0.6 is 0 Å². The molecule has 0 radical (unpaired) electrons. The molecule has 15 heavy (non-hydrogen) atoms. The average molecular weight is 214 g/mol. The van der Waals surface area contributed by atoms with Gasteiger partial charge in [0, 0.05) is 19.7 Å². The van der Waals surface area contributed by atoms with Gasteiger partial charge in [-0.1, -0.05) is 6.92 Å². The number of nitrogens with two attached hydrogens (primary N) is 1. The van der Waals surface area contributed by atoms with Gasteiger partial charge in [0.25, 0.3) is 0 Å². The second kappa shape index (κ2) is 4.57. The van der Waals surface area contributed by atoms with Crippen LogP contribution in [-0.2, 0) is 0 Å². The van der Waals surface area contributed by atoms with Crippen molar-refractivity contribution >= 4 is 5.69 Å². The lowest BCUT2D eigenvalue weighted by Crippen LogP contribution is -2.19. The Labute approximate surface area is 88.7 Å². The summed E-state index contributed by atoms with van der Waals surface area (Å²) in [7, 11) is 3.37. The number of hydrogen-bond acceptors (Lipinski definition) is 2. The topological polar surface area (TPSA) is 29.3 Å². The highest BCUT2D eigenvalue weighted by molar-refractivity contribution is 5.56. The van der Waals surface area contributed by atoms with Crippen LogP contribution in [0.3, 0.4) is 0 Å². The number of rotatable bonds is 3. The van der Waals surface area contributed by atoms with Gasteiger partial charge in [-0.15, -0.1) is 0 Å². The van der Waals surface area contributed by atoms with E-state index in [0.29, 0.717) is 12.1 Å². The monoisotopic (exact) mass is 214 g/mol. The highest BCUT2D eigenvalue weighted by Gasteiger charge is 2.19. The number of nitrogens with zero attached hydrogens (tertiary/aromatic N) is 1. The predicted molar refractivity (Wildman–Crippen MR) is 58.2 cm³/mol. The smallest absolute Gasteiger partial charge is 0.146 e. The van der Waals surface area contributed by atoms with Crippen molar-refractivity contribution in [3.05, 3.63) is 29.3 Å². The molecule has 0 aliphatic carbocycles. The lowest BCUT2D eigenvalue weighted by Gasteiger charge is -2.22. The molecule has 1 rings (SSSR count). The molecule has 0 bridgehead atoms. The maximum atomic E-state index is 13.6. The highest BCUT2D eigenvalue weighted by atomic mass is 19.1. The Morgan fingerprint density at radius 2 is 1.80 bits per heavy atom. The van der Waals surface area contributed by atoms with Crippen molar-refractivity contribution in [1.82, 2.24) is 0 Å². The fourth-order valence-electron chi connectivity index (χ4n) is 1.60. The van der Waals surface area contributed by atoms with Crippen LogP contribution in [0.4, 0.5) is 14.5 Å². The molecule has 0 saturated heterocycles. The molecule has 1 unspecified atom stereocenters. The zero-order chi connectivity index (χ0) is 11.6. The quantitative estimate of drug-likeness (QED) is 0.834. The number of benzene rings is 1. The Morgan fingerprint density at radius 1 is 1.27 bits per heavy atom. The summed E-state index contributed by atoms with van der Waals surface area (Å²) in [5, 5.41) is 0. The molecular formula is C11H16F2N2. The van der Waals surface area contributed by atoms with Crippen LogP contribution < -0.4 is 10.6 Å². The minimum absolute atomic E-state index is 0.196. The van der Waals surface area contributed by atoms with E-state index in [1.54, 1.807) is 25.9 Å². The van der Waals surface area contributed by atoms with Crippen molar-refractivity contribution in [2.24, 2.45) is 5.73 Å². The summed E-state index contributed by atoms with van der Waals surface area (Å²) in [6, 6.07) is 2.28. The molecule has 1 atom stereocenters. The molecule has 4 heteroatoms. The predicted octanol–water partition coefficient (Wildman–Crippen LogP) is 2.09. The van der Waals surface area contributed by atoms with E-state index in [1.807, 2.05) is 0 Å². The summed E-state index contributed by atoms with van der Waals surface area (Å²) in [5.41, 5.74) is 6.12. The molecule has 0 spiro atoms. The van der Waals surface area contributed by atoms with Gasteiger partial charge in [0.2, 0.25) is 0 Å². The standard InChI is InChI=1S/C11H16F2N2/c1-7(6-14)10-8(12)4-5-9(13)11(10)15(2)3/h4-5,7H,6,14H2,1-3H3. The first-order chi connectivity index (χ1) is 6.99. The first-order valence-electron chi connectivity index (χ1n) is 4.84. The molecular weight excluding hydrogens is 198 g/mol. The van der Waals surface area contributed by atoms with E-state index in [0.717, 1.165) is 12.1 Å². The molecule has 0 heterocycles. The summed E-state index contributed by atoms with van der Waals surface area (Å²) >= 11 is 0. The third-order valence-corrected chi connectivity index (χ3v) is 2.41. The lowest BCUT2D eigenvalue weighted by molar-refractivity contribution is 0.569. The Balaban J connectivity index is 3.38. The molecule has 0 amide bonds. The number of anilines is 1. The van der Waals surface area contributed by atoms with Crippen LogP contribution in [0, 0.1) is 11.6 Å². The summed E-state index contributed by atoms with van der Waals surface area (Å²) < 4.78 is 27.1. The minimum Gasteiger partial charge on any atom is -0.375 e. The molecule has 2 nitrogen and oxygen atoms in total. The van der Waals surface area contributed by atoms with E-state index in [9.17, 15) is 8.78 Å². The van der Waals surface area contributed by atoms with Gasteiger partial charge in [-0.2, -0.15) is 0 Å². The van der Waals surface area contributed by atoms with E-state index in [1.165, 1.54) is 0 Å². The van der Waals surface area contributed by atoms with Gasteiger partial charge < -0.3 is 10.6 Å². The van der Waals surface area contributed by atoms with Crippen molar-refractivity contribution in [1.29, 1.82) is 0 Å². The van der Waals surface area contributed by atoms with E-state index in [4.69, 9.17) is 5.73 Å². The van der Waals surface area contributed by atoms with Gasteiger partial charge >= 0.3 is 0 Å². The normalized spacial score (nSPS) is 12.7. The SMILES string of the molecule is CC(CN)c1c(F)ccc(F)c1N(C)C. The van der Waals surface area contributed by atoms with Gasteiger partial charge in [0.15, 0.2) is 0 Å². The Hall–Kier alpha value is -1.16. The third-order valence-electron chi connectivity index (χ3n) is 2.41. The zero-order valence-electron chi connectivity index (χ0n) is 9.22. The van der Waals surface area contributed by atoms with Gasteiger partial charge in [-0.3, -0.25) is 0 Å². The highest BCUT2D eigenvalue weighted by Crippen LogP contribution is 2.31. The van der Waals surface area contributed by atoms with E-state index in [-0.39, 0.29) is 11.6 Å². The molecule has 2 N–H and O–H groups in total. The second-order valence-electron chi connectivity index (χ2n) is 3.82. The minimum atomic E-state index is -0.420. The van der Waals surface area contributed by atoms with E-state index < -0.39 is 11.6 Å². The maximum absolute atomic E-state index is 13.6. The summed E-state index contributed by atoms with van der Waals surface area (Å²) in [4.78, 5) is 1.57. The van der Waals surface area contributed by atoms with Crippen LogP contribution in [0.1, 0.15) is 18.4 Å². The fourth-order valence-corrected chi connectivity index (χ4v) is 1.60. The van der Waals surface area contributed by atoms with Crippen LogP contribution in [0.5, 0.6) is 0 Å². The van der Waals surface area contributed by atoms with E-state index >= 15 is 0 Å². The van der Waals surface area contributed by atoms with E-state index in [2.05, 4.69) is 0 Å². The second-order valence-corrected chi connectivity index (χ2v) is 3.82. The van der Waals surface area contributed by atoms with Crippen molar-refractivity contribution in [3.8, 4) is 0 Å². The largest absolute Gasteiger partial charge is 0.375 e. The van der Waals surface area contributed by atoms with Crippen molar-refractivity contribution in [2.75, 3.05) is 25.5 Å². The fraction of sp³-hybridized carbons (Fsp3) is 0.455. The van der Waals surface area contributed by atoms with Gasteiger partial charge in [-0.25, -0.2) is 8.78 Å². The molecule has 0 aliphatic rings. The van der Waals surface area contributed by atoms with Gasteiger partial charge in [0.05, 0.1) is 5.69 Å². The average Bonchev–Trinajstić information content (AvgIpc) is 2.19. The van der Waals surface area contributed by atoms with Gasteiger partial charge in [-0.05, 0) is 24.6 Å². The molecule has 0 aliphatic heterocycles. The number of hydrogen-bond donors (Lipinski definition) is 1. The molecule has 84 valence electrons. The summed E-state index contributed by atoms with van der Waals surface area (Å²) in [5.74, 6) is -1.02. The van der Waals surface area contributed by atoms with Crippen molar-refractivity contribution < 1.29 is 8.78 Å². The molecule has 0 aromatic heterocycles. The first-order valence-corrected chi connectivity index (χ1v) is 4.84. The van der Waals surface area contributed by atoms with Crippen LogP contribution in [-0.4, -0.2) is 20.6 Å². The maximum Gasteiger partial charge on any atom is 0.146 e. The van der Waals surface area contributed by atoms with Gasteiger partial charge in [0.1, 0.15) is 11.6 Å². The third kappa shape index (κ3) is 2.26. The molecule has 1 aromatic rings. The molecule has 1 aromatic carbocycles. The summed E-state index contributed by atoms with van der Waals surface area (Å²) in [6.45, 7) is 2.08. The van der Waals surface area contributed by atoms with Crippen LogP contribution in [0.25, 0.3) is 0 Å². The van der Waals surface area contributed by atoms with Crippen LogP contribution in [0.2, 0.25) is 0 Å². The Bertz CT molecular complexity index is 351. The Kier molecular flexibility index (Phi) is 3.63. The lowest BCUT2D eigenvalue weighted by atomic mass is 9.98. The number of halogens is 2. The van der Waals surface area contributed by atoms with Crippen molar-refractivity contribution in [2.45, 2.75) is 12.8 Å². The zero-order valence-corrected chi connectivity index (χ0v) is 9.22. The molecule has 0 saturated carbocycles. The Morgan fingerprint density at radius 3 is 2.27 bits per heavy atom. The van der Waals surface area contributed by atoms with Crippen molar-refractivity contribution in [3.63, 3.8) is 0 Å². The first kappa shape index (κ1) is 11.9.